The second-order valence-electron chi connectivity index (χ2n) is 7.56. The van der Waals surface area contributed by atoms with Crippen LogP contribution in [0.3, 0.4) is 0 Å². The van der Waals surface area contributed by atoms with Crippen LogP contribution in [-0.2, 0) is 9.53 Å². The maximum Gasteiger partial charge on any atom is 0.305 e. The minimum absolute atomic E-state index is 0.106. The van der Waals surface area contributed by atoms with Crippen molar-refractivity contribution in [3.63, 3.8) is 0 Å². The van der Waals surface area contributed by atoms with Crippen molar-refractivity contribution < 1.29 is 14.3 Å². The number of esters is 1. The first-order chi connectivity index (χ1) is 12.9. The number of carbonyl (C=O) groups is 1. The highest BCUT2D eigenvalue weighted by molar-refractivity contribution is 6.01. The Kier molecular flexibility index (Phi) is 5.85. The SMILES string of the molecule is CCOC(=O)CCCCCOc1cc2c(c3ccccc13)C=C(C)[N+]2(C)C. The van der Waals surface area contributed by atoms with Gasteiger partial charge in [-0.1, -0.05) is 24.3 Å². The summed E-state index contributed by atoms with van der Waals surface area (Å²) in [7, 11) is 4.43. The lowest BCUT2D eigenvalue weighted by Gasteiger charge is -2.26. The Labute approximate surface area is 162 Å². The number of rotatable bonds is 8. The molecule has 0 N–H and O–H groups in total. The summed E-state index contributed by atoms with van der Waals surface area (Å²) < 4.78 is 11.9. The molecule has 0 radical (unpaired) electrons. The van der Waals surface area contributed by atoms with Gasteiger partial charge in [-0.2, -0.15) is 0 Å². The highest BCUT2D eigenvalue weighted by atomic mass is 16.5. The molecule has 0 amide bonds. The monoisotopic (exact) mass is 368 g/mol. The fourth-order valence-corrected chi connectivity index (χ4v) is 3.61. The van der Waals surface area contributed by atoms with Crippen LogP contribution in [0, 0.1) is 0 Å². The van der Waals surface area contributed by atoms with Crippen molar-refractivity contribution in [2.24, 2.45) is 0 Å². The van der Waals surface area contributed by atoms with E-state index in [1.54, 1.807) is 0 Å². The van der Waals surface area contributed by atoms with Crippen molar-refractivity contribution in [1.82, 2.24) is 4.48 Å². The molecule has 1 aliphatic heterocycles. The number of fused-ring (bicyclic) bond motifs is 3. The Bertz CT molecular complexity index is 867. The van der Waals surface area contributed by atoms with Crippen molar-refractivity contribution in [1.29, 1.82) is 0 Å². The number of allylic oxidation sites excluding steroid dienone is 1. The third-order valence-electron chi connectivity index (χ3n) is 5.45. The average Bonchev–Trinajstić information content (AvgIpc) is 2.88. The molecule has 1 heterocycles. The van der Waals surface area contributed by atoms with E-state index in [-0.39, 0.29) is 5.97 Å². The molecule has 0 spiro atoms. The molecule has 0 aliphatic carbocycles. The van der Waals surface area contributed by atoms with Gasteiger partial charge in [-0.15, -0.1) is 0 Å². The minimum Gasteiger partial charge on any atom is -0.493 e. The average molecular weight is 368 g/mol. The van der Waals surface area contributed by atoms with E-state index in [2.05, 4.69) is 57.4 Å². The first kappa shape index (κ1) is 19.4. The highest BCUT2D eigenvalue weighted by Crippen LogP contribution is 2.45. The van der Waals surface area contributed by atoms with Gasteiger partial charge in [-0.3, -0.25) is 9.28 Å². The van der Waals surface area contributed by atoms with Crippen LogP contribution in [-0.4, -0.2) is 33.3 Å². The molecule has 0 saturated carbocycles. The quantitative estimate of drug-likeness (QED) is 0.361. The Morgan fingerprint density at radius 2 is 1.81 bits per heavy atom. The predicted molar refractivity (Wildman–Crippen MR) is 112 cm³/mol. The van der Waals surface area contributed by atoms with Gasteiger partial charge in [0.2, 0.25) is 0 Å². The van der Waals surface area contributed by atoms with E-state index in [1.165, 1.54) is 22.3 Å². The number of unbranched alkanes of at least 4 members (excludes halogenated alkanes) is 2. The zero-order chi connectivity index (χ0) is 19.4. The molecule has 0 bridgehead atoms. The molecule has 0 saturated heterocycles. The minimum atomic E-state index is -0.106. The van der Waals surface area contributed by atoms with E-state index in [4.69, 9.17) is 9.47 Å². The lowest BCUT2D eigenvalue weighted by molar-refractivity contribution is -0.143. The summed E-state index contributed by atoms with van der Waals surface area (Å²) in [6.07, 6.45) is 5.52. The molecule has 2 aromatic rings. The second-order valence-corrected chi connectivity index (χ2v) is 7.56. The van der Waals surface area contributed by atoms with E-state index < -0.39 is 0 Å². The van der Waals surface area contributed by atoms with Crippen LogP contribution in [0.15, 0.2) is 36.0 Å². The molecular formula is C23H30NO3+. The van der Waals surface area contributed by atoms with Gasteiger partial charge in [0.25, 0.3) is 0 Å². The fourth-order valence-electron chi connectivity index (χ4n) is 3.61. The van der Waals surface area contributed by atoms with E-state index in [0.29, 0.717) is 19.6 Å². The third-order valence-corrected chi connectivity index (χ3v) is 5.45. The van der Waals surface area contributed by atoms with Crippen molar-refractivity contribution in [3.05, 3.63) is 41.6 Å². The van der Waals surface area contributed by atoms with Crippen LogP contribution < -0.4 is 9.22 Å². The number of nitrogens with zero attached hydrogens (tertiary/aromatic N) is 1. The number of benzene rings is 2. The molecular weight excluding hydrogens is 338 g/mol. The van der Waals surface area contributed by atoms with Gasteiger partial charge in [0.1, 0.15) is 17.1 Å². The normalized spacial score (nSPS) is 14.7. The third kappa shape index (κ3) is 4.01. The number of quaternary nitrogens is 1. The van der Waals surface area contributed by atoms with Gasteiger partial charge in [-0.25, -0.2) is 0 Å². The molecule has 0 aromatic heterocycles. The second kappa shape index (κ2) is 8.13. The van der Waals surface area contributed by atoms with Crippen LogP contribution in [0.25, 0.3) is 16.8 Å². The Hall–Kier alpha value is -2.33. The van der Waals surface area contributed by atoms with E-state index in [0.717, 1.165) is 34.9 Å². The van der Waals surface area contributed by atoms with Crippen LogP contribution in [0.2, 0.25) is 0 Å². The summed E-state index contributed by atoms with van der Waals surface area (Å²) in [6.45, 7) is 5.13. The standard InChI is InChI=1S/C23H30NO3/c1-5-26-23(25)13-7-6-10-14-27-22-16-21-20(15-17(2)24(21,3)4)18-11-8-9-12-19(18)22/h8-9,11-12,15-16H,5-7,10,13-14H2,1-4H3/q+1. The van der Waals surface area contributed by atoms with Crippen LogP contribution in [0.4, 0.5) is 5.69 Å². The number of ether oxygens (including phenoxy) is 2. The summed E-state index contributed by atoms with van der Waals surface area (Å²) in [5.41, 5.74) is 3.91. The molecule has 4 heteroatoms. The topological polar surface area (TPSA) is 35.5 Å². The van der Waals surface area contributed by atoms with E-state index in [1.807, 2.05) is 6.92 Å². The van der Waals surface area contributed by atoms with Gasteiger partial charge in [0.15, 0.2) is 0 Å². The van der Waals surface area contributed by atoms with Crippen molar-refractivity contribution in [3.8, 4) is 5.75 Å². The summed E-state index contributed by atoms with van der Waals surface area (Å²) >= 11 is 0. The molecule has 27 heavy (non-hydrogen) atoms. The lowest BCUT2D eigenvalue weighted by atomic mass is 10.0. The van der Waals surface area contributed by atoms with Gasteiger partial charge < -0.3 is 9.47 Å². The zero-order valence-electron chi connectivity index (χ0n) is 16.9. The zero-order valence-corrected chi connectivity index (χ0v) is 16.9. The van der Waals surface area contributed by atoms with Gasteiger partial charge in [-0.05, 0) is 31.6 Å². The molecule has 144 valence electrons. The molecule has 0 atom stereocenters. The fraction of sp³-hybridized carbons (Fsp3) is 0.435. The smallest absolute Gasteiger partial charge is 0.305 e. The first-order valence-electron chi connectivity index (χ1n) is 9.82. The maximum absolute atomic E-state index is 11.4. The maximum atomic E-state index is 11.4. The molecule has 1 aliphatic rings. The molecule has 0 unspecified atom stereocenters. The van der Waals surface area contributed by atoms with E-state index >= 15 is 0 Å². The lowest BCUT2D eigenvalue weighted by Crippen LogP contribution is -2.35. The van der Waals surface area contributed by atoms with Crippen LogP contribution >= 0.6 is 0 Å². The van der Waals surface area contributed by atoms with E-state index in [9.17, 15) is 4.79 Å². The van der Waals surface area contributed by atoms with Crippen molar-refractivity contribution in [2.75, 3.05) is 27.3 Å². The molecule has 2 aromatic carbocycles. The first-order valence-corrected chi connectivity index (χ1v) is 9.82. The number of hydrogen-bond donors (Lipinski definition) is 0. The number of carbonyl (C=O) groups excluding carboxylic acids is 1. The summed E-state index contributed by atoms with van der Waals surface area (Å²) in [5, 5.41) is 2.41. The Morgan fingerprint density at radius 3 is 2.56 bits per heavy atom. The van der Waals surface area contributed by atoms with Crippen LogP contribution in [0.5, 0.6) is 5.75 Å². The highest BCUT2D eigenvalue weighted by Gasteiger charge is 2.33. The van der Waals surface area contributed by atoms with Gasteiger partial charge >= 0.3 is 5.97 Å². The Balaban J connectivity index is 1.68. The number of hydrogen-bond acceptors (Lipinski definition) is 3. The molecule has 0 fully saturated rings. The summed E-state index contributed by atoms with van der Waals surface area (Å²) in [5.74, 6) is 0.843. The van der Waals surface area contributed by atoms with Crippen molar-refractivity contribution >= 4 is 28.5 Å². The van der Waals surface area contributed by atoms with Gasteiger partial charge in [0, 0.05) is 36.4 Å². The van der Waals surface area contributed by atoms with Crippen LogP contribution in [0.1, 0.15) is 45.1 Å². The van der Waals surface area contributed by atoms with Crippen molar-refractivity contribution in [2.45, 2.75) is 39.5 Å². The summed E-state index contributed by atoms with van der Waals surface area (Å²) in [6, 6.07) is 10.7. The predicted octanol–water partition coefficient (Wildman–Crippen LogP) is 5.28. The Morgan fingerprint density at radius 1 is 1.07 bits per heavy atom. The molecule has 3 rings (SSSR count). The summed E-state index contributed by atoms with van der Waals surface area (Å²) in [4.78, 5) is 11.4. The molecule has 4 nitrogen and oxygen atoms in total. The largest absolute Gasteiger partial charge is 0.493 e. The van der Waals surface area contributed by atoms with Gasteiger partial charge in [0.05, 0.1) is 27.3 Å².